The fourth-order valence-electron chi connectivity index (χ4n) is 2.79. The van der Waals surface area contributed by atoms with Crippen molar-refractivity contribution in [3.63, 3.8) is 0 Å². The van der Waals surface area contributed by atoms with Crippen molar-refractivity contribution in [2.45, 2.75) is 32.7 Å². The van der Waals surface area contributed by atoms with Crippen LogP contribution in [0.1, 0.15) is 31.7 Å². The number of benzene rings is 1. The van der Waals surface area contributed by atoms with Gasteiger partial charge in [-0.1, -0.05) is 6.07 Å². The van der Waals surface area contributed by atoms with Gasteiger partial charge in [-0.15, -0.1) is 0 Å². The molecule has 0 aliphatic carbocycles. The molecule has 1 aliphatic rings. The second-order valence-electron chi connectivity index (χ2n) is 5.71. The Balaban J connectivity index is 1.89. The number of hydrogen-bond acceptors (Lipinski definition) is 4. The van der Waals surface area contributed by atoms with Gasteiger partial charge in [-0.25, -0.2) is 0 Å². The van der Waals surface area contributed by atoms with Crippen LogP contribution in [-0.2, 0) is 11.3 Å². The highest BCUT2D eigenvalue weighted by Gasteiger charge is 2.15. The largest absolute Gasteiger partial charge is 0.495 e. The molecule has 22 heavy (non-hydrogen) atoms. The second-order valence-corrected chi connectivity index (χ2v) is 5.71. The summed E-state index contributed by atoms with van der Waals surface area (Å²) in [6.07, 6.45) is 3.85. The highest BCUT2D eigenvalue weighted by molar-refractivity contribution is 5.72. The Morgan fingerprint density at radius 2 is 2.00 bits per heavy atom. The van der Waals surface area contributed by atoms with Crippen molar-refractivity contribution in [3.05, 3.63) is 23.8 Å². The van der Waals surface area contributed by atoms with Gasteiger partial charge in [0.2, 0.25) is 5.91 Å². The molecule has 1 aromatic carbocycles. The summed E-state index contributed by atoms with van der Waals surface area (Å²) in [7, 11) is 1.73. The fraction of sp³-hybridized carbons (Fsp3) is 0.588. The van der Waals surface area contributed by atoms with E-state index in [2.05, 4.69) is 33.7 Å². The van der Waals surface area contributed by atoms with Crippen LogP contribution in [0, 0.1) is 0 Å². The van der Waals surface area contributed by atoms with Gasteiger partial charge in [0.15, 0.2) is 0 Å². The van der Waals surface area contributed by atoms with Crippen LogP contribution < -0.4 is 20.3 Å². The van der Waals surface area contributed by atoms with Gasteiger partial charge in [-0.2, -0.15) is 0 Å². The molecule has 1 fully saturated rings. The van der Waals surface area contributed by atoms with Crippen molar-refractivity contribution in [3.8, 4) is 5.75 Å². The minimum absolute atomic E-state index is 0.00866. The maximum Gasteiger partial charge on any atom is 0.216 e. The molecule has 0 unspecified atom stereocenters. The van der Waals surface area contributed by atoms with Gasteiger partial charge in [0, 0.05) is 39.6 Å². The Morgan fingerprint density at radius 1 is 1.23 bits per heavy atom. The molecule has 0 saturated carbocycles. The molecule has 0 aromatic heterocycles. The quantitative estimate of drug-likeness (QED) is 0.756. The molecule has 1 aromatic rings. The Morgan fingerprint density at radius 3 is 2.68 bits per heavy atom. The van der Waals surface area contributed by atoms with Crippen LogP contribution in [0.4, 0.5) is 5.69 Å². The van der Waals surface area contributed by atoms with Crippen molar-refractivity contribution in [1.82, 2.24) is 10.6 Å². The third-order valence-electron chi connectivity index (χ3n) is 3.95. The molecular formula is C17H27N3O2. The summed E-state index contributed by atoms with van der Waals surface area (Å²) in [4.78, 5) is 13.2. The molecule has 0 radical (unpaired) electrons. The summed E-state index contributed by atoms with van der Waals surface area (Å²) in [5, 5.41) is 6.10. The van der Waals surface area contributed by atoms with Crippen molar-refractivity contribution >= 4 is 11.6 Å². The number of hydrogen-bond donors (Lipinski definition) is 2. The number of nitrogens with zero attached hydrogens (tertiary/aromatic N) is 1. The number of rotatable bonds is 7. The Hall–Kier alpha value is -1.75. The molecule has 0 bridgehead atoms. The molecule has 1 amide bonds. The third kappa shape index (κ3) is 4.91. The number of methoxy groups -OCH3 is 1. The van der Waals surface area contributed by atoms with Gasteiger partial charge < -0.3 is 20.3 Å². The van der Waals surface area contributed by atoms with E-state index in [0.717, 1.165) is 31.9 Å². The van der Waals surface area contributed by atoms with Gasteiger partial charge in [-0.3, -0.25) is 4.79 Å². The molecule has 2 N–H and O–H groups in total. The first-order chi connectivity index (χ1) is 10.7. The Kier molecular flexibility index (Phi) is 6.52. The SMILES string of the molecule is COc1cc(CNCCNC(C)=O)ccc1N1CCCCC1. The smallest absolute Gasteiger partial charge is 0.216 e. The topological polar surface area (TPSA) is 53.6 Å². The van der Waals surface area contributed by atoms with E-state index in [4.69, 9.17) is 4.74 Å². The first kappa shape index (κ1) is 16.6. The van der Waals surface area contributed by atoms with Crippen LogP contribution in [-0.4, -0.2) is 39.2 Å². The lowest BCUT2D eigenvalue weighted by atomic mass is 10.1. The van der Waals surface area contributed by atoms with Crippen molar-refractivity contribution in [2.75, 3.05) is 38.2 Å². The molecular weight excluding hydrogens is 278 g/mol. The molecule has 0 atom stereocenters. The third-order valence-corrected chi connectivity index (χ3v) is 3.95. The van der Waals surface area contributed by atoms with E-state index in [9.17, 15) is 4.79 Å². The Bertz CT molecular complexity index is 485. The van der Waals surface area contributed by atoms with E-state index in [1.54, 1.807) is 7.11 Å². The highest BCUT2D eigenvalue weighted by Crippen LogP contribution is 2.31. The van der Waals surface area contributed by atoms with E-state index >= 15 is 0 Å². The minimum atomic E-state index is 0.00866. The zero-order valence-electron chi connectivity index (χ0n) is 13.7. The average Bonchev–Trinajstić information content (AvgIpc) is 2.55. The summed E-state index contributed by atoms with van der Waals surface area (Å²) < 4.78 is 5.57. The van der Waals surface area contributed by atoms with Crippen molar-refractivity contribution in [2.24, 2.45) is 0 Å². The molecule has 5 nitrogen and oxygen atoms in total. The summed E-state index contributed by atoms with van der Waals surface area (Å²) in [5.41, 5.74) is 2.39. The van der Waals surface area contributed by atoms with Crippen LogP contribution >= 0.6 is 0 Å². The van der Waals surface area contributed by atoms with E-state index < -0.39 is 0 Å². The number of amides is 1. The van der Waals surface area contributed by atoms with Crippen LogP contribution in [0.25, 0.3) is 0 Å². The number of anilines is 1. The van der Waals surface area contributed by atoms with E-state index in [0.29, 0.717) is 6.54 Å². The lowest BCUT2D eigenvalue weighted by molar-refractivity contribution is -0.118. The van der Waals surface area contributed by atoms with Crippen LogP contribution in [0.2, 0.25) is 0 Å². The molecule has 1 aliphatic heterocycles. The van der Waals surface area contributed by atoms with E-state index in [1.807, 2.05) is 0 Å². The van der Waals surface area contributed by atoms with E-state index in [1.165, 1.54) is 37.4 Å². The second kappa shape index (κ2) is 8.63. The van der Waals surface area contributed by atoms with Gasteiger partial charge in [0.05, 0.1) is 12.8 Å². The number of ether oxygens (including phenoxy) is 1. The van der Waals surface area contributed by atoms with Gasteiger partial charge in [0.25, 0.3) is 0 Å². The summed E-state index contributed by atoms with van der Waals surface area (Å²) in [6, 6.07) is 6.42. The fourth-order valence-corrected chi connectivity index (χ4v) is 2.79. The Labute approximate surface area is 133 Å². The van der Waals surface area contributed by atoms with Crippen LogP contribution in [0.3, 0.4) is 0 Å². The predicted molar refractivity (Wildman–Crippen MR) is 89.4 cm³/mol. The number of nitrogens with one attached hydrogen (secondary N) is 2. The molecule has 2 rings (SSSR count). The molecule has 5 heteroatoms. The van der Waals surface area contributed by atoms with E-state index in [-0.39, 0.29) is 5.91 Å². The van der Waals surface area contributed by atoms with Gasteiger partial charge in [0.1, 0.15) is 5.75 Å². The average molecular weight is 305 g/mol. The zero-order valence-corrected chi connectivity index (χ0v) is 13.7. The first-order valence-corrected chi connectivity index (χ1v) is 8.07. The van der Waals surface area contributed by atoms with Crippen molar-refractivity contribution < 1.29 is 9.53 Å². The number of carbonyl (C=O) groups excluding carboxylic acids is 1. The standard InChI is InChI=1S/C17H27N3O2/c1-14(21)19-9-8-18-13-15-6-7-16(17(12-15)22-2)20-10-4-3-5-11-20/h6-7,12,18H,3-5,8-11,13H2,1-2H3,(H,19,21). The first-order valence-electron chi connectivity index (χ1n) is 8.07. The molecule has 0 spiro atoms. The summed E-state index contributed by atoms with van der Waals surface area (Å²) in [6.45, 7) is 5.95. The van der Waals surface area contributed by atoms with Crippen LogP contribution in [0.15, 0.2) is 18.2 Å². The summed E-state index contributed by atoms with van der Waals surface area (Å²) in [5.74, 6) is 0.956. The minimum Gasteiger partial charge on any atom is -0.495 e. The zero-order chi connectivity index (χ0) is 15.8. The number of carbonyl (C=O) groups is 1. The lowest BCUT2D eigenvalue weighted by Gasteiger charge is -2.30. The maximum absolute atomic E-state index is 10.8. The molecule has 1 saturated heterocycles. The lowest BCUT2D eigenvalue weighted by Crippen LogP contribution is -2.30. The normalized spacial score (nSPS) is 14.7. The summed E-state index contributed by atoms with van der Waals surface area (Å²) >= 11 is 0. The highest BCUT2D eigenvalue weighted by atomic mass is 16.5. The monoisotopic (exact) mass is 305 g/mol. The molecule has 122 valence electrons. The maximum atomic E-state index is 10.8. The predicted octanol–water partition coefficient (Wildman–Crippen LogP) is 1.91. The number of piperidine rings is 1. The van der Waals surface area contributed by atoms with Crippen LogP contribution in [0.5, 0.6) is 5.75 Å². The molecule has 1 heterocycles. The van der Waals surface area contributed by atoms with Crippen molar-refractivity contribution in [1.29, 1.82) is 0 Å². The van der Waals surface area contributed by atoms with Gasteiger partial charge in [-0.05, 0) is 37.0 Å². The van der Waals surface area contributed by atoms with Gasteiger partial charge >= 0.3 is 0 Å².